The molecule has 0 aliphatic heterocycles. The zero-order valence-electron chi connectivity index (χ0n) is 24.5. The van der Waals surface area contributed by atoms with Gasteiger partial charge in [-0.05, 0) is 52.7 Å². The minimum absolute atomic E-state index is 0.0884. The van der Waals surface area contributed by atoms with Crippen LogP contribution >= 0.6 is 0 Å². The van der Waals surface area contributed by atoms with Gasteiger partial charge in [-0.1, -0.05) is 112 Å². The van der Waals surface area contributed by atoms with Crippen LogP contribution in [0, 0.1) is 5.92 Å². The summed E-state index contributed by atoms with van der Waals surface area (Å²) in [4.78, 5) is 0. The maximum Gasteiger partial charge on any atom is 0.261 e. The minimum Gasteiger partial charge on any atom is -0.493 e. The van der Waals surface area contributed by atoms with Gasteiger partial charge in [-0.15, -0.1) is 6.58 Å². The fraction of sp³-hybridized carbons (Fsp3) is 0.429. The number of ether oxygens (including phenoxy) is 3. The van der Waals surface area contributed by atoms with Crippen LogP contribution in [0.1, 0.15) is 46.5 Å². The predicted octanol–water partition coefficient (Wildman–Crippen LogP) is 6.79. The zero-order chi connectivity index (χ0) is 28.3. The molecule has 5 heteroatoms. The third-order valence-corrected chi connectivity index (χ3v) is 12.8. The van der Waals surface area contributed by atoms with Crippen molar-refractivity contribution < 1.29 is 18.6 Å². The van der Waals surface area contributed by atoms with Crippen molar-refractivity contribution in [3.8, 4) is 5.75 Å². The van der Waals surface area contributed by atoms with E-state index >= 15 is 0 Å². The molecule has 0 amide bonds. The van der Waals surface area contributed by atoms with E-state index in [0.717, 1.165) is 31.6 Å². The Morgan fingerprint density at radius 2 is 1.45 bits per heavy atom. The van der Waals surface area contributed by atoms with Crippen LogP contribution in [0.15, 0.2) is 104 Å². The summed E-state index contributed by atoms with van der Waals surface area (Å²) in [7, 11) is -2.65. The summed E-state index contributed by atoms with van der Waals surface area (Å²) >= 11 is 0. The van der Waals surface area contributed by atoms with Crippen molar-refractivity contribution in [3.05, 3.63) is 104 Å². The van der Waals surface area contributed by atoms with Gasteiger partial charge >= 0.3 is 0 Å². The molecule has 0 N–H and O–H groups in total. The molecule has 1 saturated carbocycles. The van der Waals surface area contributed by atoms with Crippen molar-refractivity contribution in [2.45, 2.75) is 63.7 Å². The fourth-order valence-corrected chi connectivity index (χ4v) is 10.4. The average Bonchev–Trinajstić information content (AvgIpc) is 2.98. The molecule has 3 aromatic rings. The van der Waals surface area contributed by atoms with Crippen LogP contribution in [-0.4, -0.2) is 47.0 Å². The number of para-hydroxylation sites is 1. The van der Waals surface area contributed by atoms with Gasteiger partial charge in [-0.3, -0.25) is 0 Å². The quantitative estimate of drug-likeness (QED) is 0.161. The number of hydrogen-bond donors (Lipinski definition) is 0. The molecule has 214 valence electrons. The summed E-state index contributed by atoms with van der Waals surface area (Å²) in [6, 6.07) is 31.6. The molecule has 0 radical (unpaired) electrons. The third kappa shape index (κ3) is 7.94. The predicted molar refractivity (Wildman–Crippen MR) is 167 cm³/mol. The largest absolute Gasteiger partial charge is 0.493 e. The van der Waals surface area contributed by atoms with Crippen molar-refractivity contribution in [1.82, 2.24) is 0 Å². The van der Waals surface area contributed by atoms with Crippen LogP contribution in [0.5, 0.6) is 5.75 Å². The number of benzene rings is 3. The van der Waals surface area contributed by atoms with Crippen LogP contribution in [-0.2, 0) is 13.9 Å². The first-order valence-electron chi connectivity index (χ1n) is 14.7. The van der Waals surface area contributed by atoms with Gasteiger partial charge in [0.2, 0.25) is 0 Å². The van der Waals surface area contributed by atoms with Crippen molar-refractivity contribution in [3.63, 3.8) is 0 Å². The van der Waals surface area contributed by atoms with Crippen molar-refractivity contribution >= 4 is 18.7 Å². The van der Waals surface area contributed by atoms with E-state index in [0.29, 0.717) is 25.7 Å². The molecule has 4 nitrogen and oxygen atoms in total. The van der Waals surface area contributed by atoms with Gasteiger partial charge in [0.1, 0.15) is 11.9 Å². The summed E-state index contributed by atoms with van der Waals surface area (Å²) in [5, 5.41) is 2.45. The molecule has 4 rings (SSSR count). The van der Waals surface area contributed by atoms with Crippen LogP contribution in [0.3, 0.4) is 0 Å². The van der Waals surface area contributed by atoms with Crippen LogP contribution < -0.4 is 15.1 Å². The Morgan fingerprint density at radius 1 is 0.850 bits per heavy atom. The lowest BCUT2D eigenvalue weighted by atomic mass is 9.88. The topological polar surface area (TPSA) is 36.9 Å². The summed E-state index contributed by atoms with van der Waals surface area (Å²) < 4.78 is 25.9. The monoisotopic (exact) mass is 558 g/mol. The van der Waals surface area contributed by atoms with E-state index in [1.807, 2.05) is 30.3 Å². The Bertz CT molecular complexity index is 1090. The highest BCUT2D eigenvalue weighted by Crippen LogP contribution is 2.37. The van der Waals surface area contributed by atoms with Gasteiger partial charge < -0.3 is 18.6 Å². The van der Waals surface area contributed by atoms with E-state index in [9.17, 15) is 0 Å². The highest BCUT2D eigenvalue weighted by molar-refractivity contribution is 6.99. The van der Waals surface area contributed by atoms with E-state index in [1.54, 1.807) is 6.08 Å². The lowest BCUT2D eigenvalue weighted by molar-refractivity contribution is -0.0688. The number of rotatable bonds is 14. The van der Waals surface area contributed by atoms with Gasteiger partial charge in [-0.25, -0.2) is 0 Å². The van der Waals surface area contributed by atoms with Gasteiger partial charge in [0.05, 0.1) is 32.5 Å². The Kier molecular flexibility index (Phi) is 11.2. The van der Waals surface area contributed by atoms with Gasteiger partial charge in [0.15, 0.2) is 0 Å². The van der Waals surface area contributed by atoms with Crippen molar-refractivity contribution in [2.75, 3.05) is 26.4 Å². The molecule has 0 spiro atoms. The highest BCUT2D eigenvalue weighted by Gasteiger charge is 2.50. The summed E-state index contributed by atoms with van der Waals surface area (Å²) in [5.74, 6) is 1.43. The van der Waals surface area contributed by atoms with E-state index in [1.165, 1.54) is 16.8 Å². The molecule has 0 aromatic heterocycles. The molecule has 0 heterocycles. The van der Waals surface area contributed by atoms with Gasteiger partial charge in [0.25, 0.3) is 8.32 Å². The first-order valence-corrected chi connectivity index (χ1v) is 16.6. The highest BCUT2D eigenvalue weighted by atomic mass is 28.4. The van der Waals surface area contributed by atoms with Gasteiger partial charge in [0, 0.05) is 0 Å². The average molecular weight is 559 g/mol. The first-order chi connectivity index (χ1) is 19.4. The molecule has 0 saturated heterocycles. The smallest absolute Gasteiger partial charge is 0.261 e. The van der Waals surface area contributed by atoms with E-state index in [-0.39, 0.29) is 17.2 Å². The fourth-order valence-electron chi connectivity index (χ4n) is 5.85. The SMILES string of the molecule is C=CCOC(CO[C@@H]1CCC[C@H](COc2ccccc2)C1)CO[Si](c1ccccc1)(c1ccccc1)C(C)(C)C. The third-order valence-electron chi connectivity index (χ3n) is 7.83. The molecule has 1 aliphatic carbocycles. The van der Waals surface area contributed by atoms with Crippen LogP contribution in [0.4, 0.5) is 0 Å². The molecular formula is C35H46O4Si. The standard InChI is InChI=1S/C35H46O4Si/c1-5-24-36-32(27-38-31-19-15-16-29(25-31)26-37-30-17-9-6-10-18-30)28-39-40(35(2,3)4,33-20-11-7-12-21-33)34-22-13-8-14-23-34/h5-14,17-18,20-23,29,31-32H,1,15-16,19,24-28H2,2-4H3/t29-,31+,32?/m0/s1. The second-order valence-corrected chi connectivity index (χ2v) is 16.1. The van der Waals surface area contributed by atoms with Crippen LogP contribution in [0.25, 0.3) is 0 Å². The van der Waals surface area contributed by atoms with Crippen LogP contribution in [0.2, 0.25) is 5.04 Å². The van der Waals surface area contributed by atoms with Gasteiger partial charge in [-0.2, -0.15) is 0 Å². The summed E-state index contributed by atoms with van der Waals surface area (Å²) in [5.41, 5.74) is 0. The maximum absolute atomic E-state index is 7.15. The van der Waals surface area contributed by atoms with Crippen molar-refractivity contribution in [2.24, 2.45) is 5.92 Å². The lowest BCUT2D eigenvalue weighted by Crippen LogP contribution is -2.67. The Labute approximate surface area is 242 Å². The molecule has 1 aliphatic rings. The molecule has 3 aromatic carbocycles. The molecule has 0 bridgehead atoms. The van der Waals surface area contributed by atoms with E-state index < -0.39 is 8.32 Å². The Balaban J connectivity index is 1.44. The molecular weight excluding hydrogens is 512 g/mol. The van der Waals surface area contributed by atoms with E-state index in [2.05, 4.69) is 88.0 Å². The maximum atomic E-state index is 7.15. The molecule has 1 unspecified atom stereocenters. The summed E-state index contributed by atoms with van der Waals surface area (Å²) in [6.45, 7) is 12.9. The second kappa shape index (κ2) is 14.8. The Hall–Kier alpha value is -2.70. The molecule has 40 heavy (non-hydrogen) atoms. The van der Waals surface area contributed by atoms with E-state index in [4.69, 9.17) is 18.6 Å². The minimum atomic E-state index is -2.65. The Morgan fingerprint density at radius 3 is 2.02 bits per heavy atom. The van der Waals surface area contributed by atoms with Crippen molar-refractivity contribution in [1.29, 1.82) is 0 Å². The lowest BCUT2D eigenvalue weighted by Gasteiger charge is -2.43. The number of hydrogen-bond acceptors (Lipinski definition) is 4. The zero-order valence-corrected chi connectivity index (χ0v) is 25.5. The summed E-state index contributed by atoms with van der Waals surface area (Å²) in [6.07, 6.45) is 6.25. The first kappa shape index (κ1) is 30.3. The molecule has 3 atom stereocenters. The normalized spacial score (nSPS) is 18.7. The second-order valence-electron chi connectivity index (χ2n) is 11.8. The molecule has 1 fully saturated rings.